The third-order valence-corrected chi connectivity index (χ3v) is 4.87. The lowest BCUT2D eigenvalue weighted by molar-refractivity contribution is 0.283. The molecular weight excluding hydrogens is 222 g/mol. The highest BCUT2D eigenvalue weighted by Gasteiger charge is 2.40. The fraction of sp³-hybridized carbons (Fsp3) is 1.00. The predicted octanol–water partition coefficient (Wildman–Crippen LogP) is 1.31. The third kappa shape index (κ3) is 3.94. The van der Waals surface area contributed by atoms with Crippen LogP contribution in [0.15, 0.2) is 0 Å². The van der Waals surface area contributed by atoms with Gasteiger partial charge in [0.25, 0.3) is 0 Å². The SMILES string of the molecule is C1CNCCN(CCNCC(C2CC2)C2CC2)C1. The summed E-state index contributed by atoms with van der Waals surface area (Å²) < 4.78 is 0. The summed E-state index contributed by atoms with van der Waals surface area (Å²) in [5.41, 5.74) is 0. The smallest absolute Gasteiger partial charge is 0.0107 e. The lowest BCUT2D eigenvalue weighted by Gasteiger charge is -2.21. The summed E-state index contributed by atoms with van der Waals surface area (Å²) in [6, 6.07) is 0. The molecule has 0 aromatic heterocycles. The van der Waals surface area contributed by atoms with Crippen LogP contribution in [0.3, 0.4) is 0 Å². The van der Waals surface area contributed by atoms with Crippen LogP contribution in [0.5, 0.6) is 0 Å². The van der Waals surface area contributed by atoms with E-state index in [0.29, 0.717) is 0 Å². The van der Waals surface area contributed by atoms with Gasteiger partial charge in [-0.3, -0.25) is 0 Å². The van der Waals surface area contributed by atoms with Gasteiger partial charge in [-0.1, -0.05) is 0 Å². The fourth-order valence-electron chi connectivity index (χ4n) is 3.40. The van der Waals surface area contributed by atoms with Crippen LogP contribution < -0.4 is 10.6 Å². The average Bonchev–Trinajstić information content (AvgIpc) is 3.23. The van der Waals surface area contributed by atoms with Crippen molar-refractivity contribution in [2.45, 2.75) is 32.1 Å². The van der Waals surface area contributed by atoms with E-state index in [9.17, 15) is 0 Å². The number of nitrogens with zero attached hydrogens (tertiary/aromatic N) is 1. The quantitative estimate of drug-likeness (QED) is 0.668. The van der Waals surface area contributed by atoms with Crippen molar-refractivity contribution in [3.63, 3.8) is 0 Å². The molecule has 3 nitrogen and oxygen atoms in total. The Morgan fingerprint density at radius 3 is 2.56 bits per heavy atom. The van der Waals surface area contributed by atoms with E-state index in [0.717, 1.165) is 17.8 Å². The zero-order valence-corrected chi connectivity index (χ0v) is 11.7. The molecule has 2 N–H and O–H groups in total. The van der Waals surface area contributed by atoms with Crippen molar-refractivity contribution in [2.75, 3.05) is 45.8 Å². The average molecular weight is 251 g/mol. The van der Waals surface area contributed by atoms with Gasteiger partial charge in [0.05, 0.1) is 0 Å². The van der Waals surface area contributed by atoms with Gasteiger partial charge in [0.2, 0.25) is 0 Å². The number of hydrogen-bond donors (Lipinski definition) is 2. The van der Waals surface area contributed by atoms with Crippen LogP contribution in [0.25, 0.3) is 0 Å². The molecule has 3 aliphatic rings. The predicted molar refractivity (Wildman–Crippen MR) is 75.7 cm³/mol. The number of nitrogens with one attached hydrogen (secondary N) is 2. The molecule has 0 unspecified atom stereocenters. The summed E-state index contributed by atoms with van der Waals surface area (Å²) in [4.78, 5) is 2.61. The largest absolute Gasteiger partial charge is 0.315 e. The van der Waals surface area contributed by atoms with Gasteiger partial charge in [0.1, 0.15) is 0 Å². The van der Waals surface area contributed by atoms with Crippen LogP contribution in [-0.4, -0.2) is 50.7 Å². The highest BCUT2D eigenvalue weighted by atomic mass is 15.2. The molecule has 3 heteroatoms. The maximum absolute atomic E-state index is 3.73. The molecule has 0 atom stereocenters. The van der Waals surface area contributed by atoms with Crippen molar-refractivity contribution in [1.82, 2.24) is 15.5 Å². The Hall–Kier alpha value is -0.120. The van der Waals surface area contributed by atoms with Gasteiger partial charge in [-0.25, -0.2) is 0 Å². The maximum Gasteiger partial charge on any atom is 0.0107 e. The van der Waals surface area contributed by atoms with Gasteiger partial charge in [-0.2, -0.15) is 0 Å². The van der Waals surface area contributed by atoms with E-state index in [1.54, 1.807) is 0 Å². The van der Waals surface area contributed by atoms with Crippen LogP contribution in [0.1, 0.15) is 32.1 Å². The normalized spacial score (nSPS) is 26.5. The van der Waals surface area contributed by atoms with Crippen LogP contribution in [0.4, 0.5) is 0 Å². The van der Waals surface area contributed by atoms with E-state index in [-0.39, 0.29) is 0 Å². The molecule has 0 spiro atoms. The van der Waals surface area contributed by atoms with Gasteiger partial charge >= 0.3 is 0 Å². The molecule has 0 aromatic carbocycles. The number of rotatable bonds is 7. The highest BCUT2D eigenvalue weighted by molar-refractivity contribution is 4.92. The standard InChI is InChI=1S/C15H29N3/c1-6-16-7-10-18(9-1)11-8-17-12-15(13-2-3-13)14-4-5-14/h13-17H,1-12H2. The Bertz CT molecular complexity index is 228. The molecule has 2 saturated carbocycles. The summed E-state index contributed by atoms with van der Waals surface area (Å²) in [7, 11) is 0. The van der Waals surface area contributed by atoms with E-state index < -0.39 is 0 Å². The minimum atomic E-state index is 1.02. The molecule has 1 saturated heterocycles. The van der Waals surface area contributed by atoms with Crippen LogP contribution in [-0.2, 0) is 0 Å². The second kappa shape index (κ2) is 6.36. The maximum atomic E-state index is 3.73. The van der Waals surface area contributed by atoms with E-state index in [1.807, 2.05) is 0 Å². The van der Waals surface area contributed by atoms with Crippen LogP contribution in [0, 0.1) is 17.8 Å². The molecule has 0 radical (unpaired) electrons. The monoisotopic (exact) mass is 251 g/mol. The Balaban J connectivity index is 1.29. The number of hydrogen-bond acceptors (Lipinski definition) is 3. The van der Waals surface area contributed by atoms with E-state index in [2.05, 4.69) is 15.5 Å². The first-order valence-electron chi connectivity index (χ1n) is 8.07. The summed E-state index contributed by atoms with van der Waals surface area (Å²) in [5, 5.41) is 7.20. The lowest BCUT2D eigenvalue weighted by atomic mass is 9.98. The first kappa shape index (κ1) is 12.9. The van der Waals surface area contributed by atoms with Gasteiger partial charge in [-0.15, -0.1) is 0 Å². The molecule has 0 bridgehead atoms. The van der Waals surface area contributed by atoms with Gasteiger partial charge in [-0.05, 0) is 69.5 Å². The minimum absolute atomic E-state index is 1.02. The molecule has 104 valence electrons. The third-order valence-electron chi connectivity index (χ3n) is 4.87. The molecule has 3 fully saturated rings. The van der Waals surface area contributed by atoms with Gasteiger partial charge < -0.3 is 15.5 Å². The lowest BCUT2D eigenvalue weighted by Crippen LogP contribution is -2.36. The summed E-state index contributed by atoms with van der Waals surface area (Å²) in [6.07, 6.45) is 7.37. The zero-order chi connectivity index (χ0) is 12.2. The first-order chi connectivity index (χ1) is 8.93. The molecule has 1 aliphatic heterocycles. The molecule has 1 heterocycles. The summed E-state index contributed by atoms with van der Waals surface area (Å²) in [6.45, 7) is 8.61. The van der Waals surface area contributed by atoms with Crippen molar-refractivity contribution >= 4 is 0 Å². The molecular formula is C15H29N3. The van der Waals surface area contributed by atoms with Crippen molar-refractivity contribution in [1.29, 1.82) is 0 Å². The topological polar surface area (TPSA) is 27.3 Å². The van der Waals surface area contributed by atoms with E-state index in [4.69, 9.17) is 0 Å². The zero-order valence-electron chi connectivity index (χ0n) is 11.7. The molecule has 2 aliphatic carbocycles. The highest BCUT2D eigenvalue weighted by Crippen LogP contribution is 2.48. The Labute approximate surface area is 112 Å². The molecule has 0 amide bonds. The second-order valence-electron chi connectivity index (χ2n) is 6.49. The Morgan fingerprint density at radius 1 is 1.06 bits per heavy atom. The first-order valence-corrected chi connectivity index (χ1v) is 8.07. The van der Waals surface area contributed by atoms with E-state index >= 15 is 0 Å². The summed E-state index contributed by atoms with van der Waals surface area (Å²) in [5.74, 6) is 3.20. The van der Waals surface area contributed by atoms with Crippen molar-refractivity contribution < 1.29 is 0 Å². The minimum Gasteiger partial charge on any atom is -0.315 e. The Morgan fingerprint density at radius 2 is 1.83 bits per heavy atom. The molecule has 18 heavy (non-hydrogen) atoms. The van der Waals surface area contributed by atoms with Gasteiger partial charge in [0, 0.05) is 26.2 Å². The molecule has 3 rings (SSSR count). The van der Waals surface area contributed by atoms with Crippen LogP contribution >= 0.6 is 0 Å². The Kier molecular flexibility index (Phi) is 4.55. The fourth-order valence-corrected chi connectivity index (χ4v) is 3.40. The van der Waals surface area contributed by atoms with Crippen molar-refractivity contribution in [3.8, 4) is 0 Å². The summed E-state index contributed by atoms with van der Waals surface area (Å²) >= 11 is 0. The molecule has 0 aromatic rings. The van der Waals surface area contributed by atoms with Gasteiger partial charge in [0.15, 0.2) is 0 Å². The van der Waals surface area contributed by atoms with Crippen molar-refractivity contribution in [2.24, 2.45) is 17.8 Å². The van der Waals surface area contributed by atoms with Crippen LogP contribution in [0.2, 0.25) is 0 Å². The van der Waals surface area contributed by atoms with Crippen molar-refractivity contribution in [3.05, 3.63) is 0 Å². The second-order valence-corrected chi connectivity index (χ2v) is 6.49. The van der Waals surface area contributed by atoms with E-state index in [1.165, 1.54) is 77.9 Å².